The number of carbonyl (C=O) groups is 1. The van der Waals surface area contributed by atoms with Crippen LogP contribution in [0.2, 0.25) is 5.02 Å². The number of amides is 1. The highest BCUT2D eigenvalue weighted by atomic mass is 79.9. The third-order valence-corrected chi connectivity index (χ3v) is 5.54. The maximum absolute atomic E-state index is 12.7. The first-order chi connectivity index (χ1) is 14.1. The van der Waals surface area contributed by atoms with Crippen molar-refractivity contribution >= 4 is 33.4 Å². The van der Waals surface area contributed by atoms with E-state index < -0.39 is 0 Å². The van der Waals surface area contributed by atoms with Crippen LogP contribution in [0.3, 0.4) is 0 Å². The van der Waals surface area contributed by atoms with Crippen LogP contribution in [0.25, 0.3) is 0 Å². The minimum absolute atomic E-state index is 0.101. The van der Waals surface area contributed by atoms with Gasteiger partial charge in [0.1, 0.15) is 23.9 Å². The van der Waals surface area contributed by atoms with Crippen molar-refractivity contribution < 1.29 is 18.4 Å². The van der Waals surface area contributed by atoms with Crippen molar-refractivity contribution in [2.45, 2.75) is 13.2 Å². The number of piperazine rings is 1. The fraction of sp³-hybridized carbons (Fsp3) is 0.286. The van der Waals surface area contributed by atoms with Gasteiger partial charge in [0.2, 0.25) is 0 Å². The minimum Gasteiger partial charge on any atom is -0.484 e. The molecule has 4 rings (SSSR count). The zero-order valence-electron chi connectivity index (χ0n) is 15.6. The van der Waals surface area contributed by atoms with E-state index in [2.05, 4.69) is 20.8 Å². The highest BCUT2D eigenvalue weighted by molar-refractivity contribution is 9.10. The molecule has 8 heteroatoms. The third-order valence-electron chi connectivity index (χ3n) is 4.76. The van der Waals surface area contributed by atoms with E-state index in [1.54, 1.807) is 30.5 Å². The van der Waals surface area contributed by atoms with Crippen LogP contribution in [-0.2, 0) is 13.2 Å². The molecule has 3 heterocycles. The van der Waals surface area contributed by atoms with Crippen molar-refractivity contribution in [3.63, 3.8) is 0 Å². The van der Waals surface area contributed by atoms with Gasteiger partial charge in [0.05, 0.1) is 17.8 Å². The van der Waals surface area contributed by atoms with Crippen LogP contribution >= 0.6 is 27.5 Å². The molecule has 0 unspecified atom stereocenters. The Bertz CT molecular complexity index is 965. The molecule has 0 radical (unpaired) electrons. The summed E-state index contributed by atoms with van der Waals surface area (Å²) in [6, 6.07) is 12.7. The molecule has 2 aromatic heterocycles. The SMILES string of the molecule is O=C(c1ccc(COc2ccc(Br)cc2Cl)o1)N1CCN(Cc2ccco2)CC1. The first-order valence-corrected chi connectivity index (χ1v) is 10.5. The first-order valence-electron chi connectivity index (χ1n) is 9.29. The molecule has 0 spiro atoms. The molecule has 1 amide bonds. The van der Waals surface area contributed by atoms with E-state index in [4.69, 9.17) is 25.2 Å². The van der Waals surface area contributed by atoms with E-state index in [1.165, 1.54) is 0 Å². The Hall–Kier alpha value is -2.22. The number of hydrogen-bond donors (Lipinski definition) is 0. The lowest BCUT2D eigenvalue weighted by molar-refractivity contribution is 0.0586. The Balaban J connectivity index is 1.29. The van der Waals surface area contributed by atoms with Crippen LogP contribution in [0.15, 0.2) is 62.0 Å². The number of rotatable bonds is 6. The lowest BCUT2D eigenvalue weighted by Crippen LogP contribution is -2.48. The smallest absolute Gasteiger partial charge is 0.289 e. The van der Waals surface area contributed by atoms with Gasteiger partial charge in [0.25, 0.3) is 5.91 Å². The van der Waals surface area contributed by atoms with Crippen molar-refractivity contribution in [2.75, 3.05) is 26.2 Å². The van der Waals surface area contributed by atoms with E-state index in [-0.39, 0.29) is 12.5 Å². The summed E-state index contributed by atoms with van der Waals surface area (Å²) in [6.45, 7) is 3.86. The number of carbonyl (C=O) groups excluding carboxylic acids is 1. The van der Waals surface area contributed by atoms with Crippen molar-refractivity contribution in [3.05, 3.63) is 75.5 Å². The maximum atomic E-state index is 12.7. The normalized spacial score (nSPS) is 14.9. The Kier molecular flexibility index (Phi) is 6.28. The maximum Gasteiger partial charge on any atom is 0.289 e. The second-order valence-electron chi connectivity index (χ2n) is 6.78. The molecule has 1 aliphatic rings. The van der Waals surface area contributed by atoms with Gasteiger partial charge in [-0.2, -0.15) is 0 Å². The summed E-state index contributed by atoms with van der Waals surface area (Å²) < 4.78 is 17.7. The van der Waals surface area contributed by atoms with Gasteiger partial charge in [0, 0.05) is 30.7 Å². The van der Waals surface area contributed by atoms with Crippen molar-refractivity contribution in [3.8, 4) is 5.75 Å². The molecule has 0 aliphatic carbocycles. The second-order valence-corrected chi connectivity index (χ2v) is 8.10. The molecule has 1 aliphatic heterocycles. The lowest BCUT2D eigenvalue weighted by atomic mass is 10.2. The number of hydrogen-bond acceptors (Lipinski definition) is 5. The van der Waals surface area contributed by atoms with Crippen molar-refractivity contribution in [2.24, 2.45) is 0 Å². The van der Waals surface area contributed by atoms with Gasteiger partial charge in [0.15, 0.2) is 5.76 Å². The van der Waals surface area contributed by atoms with E-state index in [0.717, 1.165) is 29.9 Å². The summed E-state index contributed by atoms with van der Waals surface area (Å²) >= 11 is 9.51. The highest BCUT2D eigenvalue weighted by Crippen LogP contribution is 2.28. The Labute approximate surface area is 182 Å². The monoisotopic (exact) mass is 478 g/mol. The van der Waals surface area contributed by atoms with E-state index in [9.17, 15) is 4.79 Å². The predicted molar refractivity (Wildman–Crippen MR) is 112 cm³/mol. The van der Waals surface area contributed by atoms with Gasteiger partial charge in [-0.25, -0.2) is 0 Å². The topological polar surface area (TPSA) is 59.1 Å². The average molecular weight is 480 g/mol. The zero-order valence-corrected chi connectivity index (χ0v) is 18.0. The summed E-state index contributed by atoms with van der Waals surface area (Å²) in [5, 5.41) is 0.509. The molecular formula is C21H20BrClN2O4. The van der Waals surface area contributed by atoms with Crippen LogP contribution in [0.1, 0.15) is 22.1 Å². The largest absolute Gasteiger partial charge is 0.484 e. The first kappa shape index (κ1) is 20.1. The number of ether oxygens (including phenoxy) is 1. The third kappa shape index (κ3) is 5.04. The van der Waals surface area contributed by atoms with Gasteiger partial charge < -0.3 is 18.5 Å². The summed E-state index contributed by atoms with van der Waals surface area (Å²) in [4.78, 5) is 16.8. The number of nitrogens with zero attached hydrogens (tertiary/aromatic N) is 2. The van der Waals surface area contributed by atoms with Crippen LogP contribution in [0.5, 0.6) is 5.75 Å². The minimum atomic E-state index is -0.101. The zero-order chi connectivity index (χ0) is 20.2. The fourth-order valence-electron chi connectivity index (χ4n) is 3.20. The molecule has 0 bridgehead atoms. The van der Waals surface area contributed by atoms with Crippen LogP contribution in [0.4, 0.5) is 0 Å². The summed E-state index contributed by atoms with van der Waals surface area (Å²) in [5.74, 6) is 2.29. The number of halogens is 2. The molecule has 0 N–H and O–H groups in total. The van der Waals surface area contributed by atoms with Gasteiger partial charge in [-0.3, -0.25) is 9.69 Å². The highest BCUT2D eigenvalue weighted by Gasteiger charge is 2.24. The standard InChI is InChI=1S/C21H20BrClN2O4/c22-15-3-5-19(18(23)12-15)28-14-17-4-6-20(29-17)21(26)25-9-7-24(8-10-25)13-16-2-1-11-27-16/h1-6,11-12H,7-10,13-14H2. The molecule has 152 valence electrons. The summed E-state index contributed by atoms with van der Waals surface area (Å²) in [6.07, 6.45) is 1.68. The Morgan fingerprint density at radius 2 is 1.93 bits per heavy atom. The fourth-order valence-corrected chi connectivity index (χ4v) is 3.93. The van der Waals surface area contributed by atoms with E-state index in [1.807, 2.05) is 23.1 Å². The molecule has 0 atom stereocenters. The Morgan fingerprint density at radius 1 is 1.10 bits per heavy atom. The molecule has 1 aromatic carbocycles. The molecule has 1 saturated heterocycles. The van der Waals surface area contributed by atoms with Gasteiger partial charge >= 0.3 is 0 Å². The molecular weight excluding hydrogens is 460 g/mol. The van der Waals surface area contributed by atoms with Crippen LogP contribution in [0, 0.1) is 0 Å². The molecule has 0 saturated carbocycles. The molecule has 29 heavy (non-hydrogen) atoms. The molecule has 1 fully saturated rings. The Morgan fingerprint density at radius 3 is 2.66 bits per heavy atom. The van der Waals surface area contributed by atoms with Gasteiger partial charge in [-0.05, 0) is 42.5 Å². The number of benzene rings is 1. The van der Waals surface area contributed by atoms with E-state index in [0.29, 0.717) is 35.4 Å². The van der Waals surface area contributed by atoms with Crippen molar-refractivity contribution in [1.82, 2.24) is 9.80 Å². The average Bonchev–Trinajstić information content (AvgIpc) is 3.39. The molecule has 6 nitrogen and oxygen atoms in total. The van der Waals surface area contributed by atoms with Gasteiger partial charge in [-0.15, -0.1) is 0 Å². The van der Waals surface area contributed by atoms with E-state index >= 15 is 0 Å². The van der Waals surface area contributed by atoms with Crippen molar-refractivity contribution in [1.29, 1.82) is 0 Å². The predicted octanol–water partition coefficient (Wildman–Crippen LogP) is 4.83. The quantitative estimate of drug-likeness (QED) is 0.507. The summed E-state index contributed by atoms with van der Waals surface area (Å²) in [7, 11) is 0. The number of furan rings is 2. The lowest BCUT2D eigenvalue weighted by Gasteiger charge is -2.33. The van der Waals surface area contributed by atoms with Gasteiger partial charge in [-0.1, -0.05) is 27.5 Å². The van der Waals surface area contributed by atoms with Crippen LogP contribution in [-0.4, -0.2) is 41.9 Å². The second kappa shape index (κ2) is 9.07. The summed E-state index contributed by atoms with van der Waals surface area (Å²) in [5.41, 5.74) is 0. The molecule has 3 aromatic rings. The van der Waals surface area contributed by atoms with Crippen LogP contribution < -0.4 is 4.74 Å².